The second-order valence-electron chi connectivity index (χ2n) is 7.21. The standard InChI is InChI=1S/C20H33N5O/c1-5-21-20(23-14-17-10-12-25(4)15-17)22-11-9-16-7-6-8-18(13-16)19(26)24(2)3/h6-8,13,17H,5,9-12,14-15H2,1-4H3,(H2,21,22,23). The van der Waals surface area contributed by atoms with Crippen LogP contribution in [0.3, 0.4) is 0 Å². The van der Waals surface area contributed by atoms with Gasteiger partial charge in [-0.05, 0) is 57.0 Å². The van der Waals surface area contributed by atoms with Crippen LogP contribution < -0.4 is 10.6 Å². The van der Waals surface area contributed by atoms with E-state index in [1.165, 1.54) is 13.0 Å². The summed E-state index contributed by atoms with van der Waals surface area (Å²) >= 11 is 0. The summed E-state index contributed by atoms with van der Waals surface area (Å²) in [5.74, 6) is 1.57. The molecule has 1 aliphatic heterocycles. The first-order chi connectivity index (χ1) is 12.5. The second-order valence-corrected chi connectivity index (χ2v) is 7.21. The summed E-state index contributed by atoms with van der Waals surface area (Å²) in [6.45, 7) is 6.89. The number of nitrogens with one attached hydrogen (secondary N) is 2. The van der Waals surface area contributed by atoms with Crippen molar-refractivity contribution in [3.8, 4) is 0 Å². The van der Waals surface area contributed by atoms with Crippen molar-refractivity contribution >= 4 is 11.9 Å². The molecule has 1 atom stereocenters. The third-order valence-electron chi connectivity index (χ3n) is 4.63. The molecule has 144 valence electrons. The Morgan fingerprint density at radius 2 is 2.15 bits per heavy atom. The molecule has 1 heterocycles. The lowest BCUT2D eigenvalue weighted by molar-refractivity contribution is 0.0827. The molecule has 0 radical (unpaired) electrons. The van der Waals surface area contributed by atoms with Crippen LogP contribution in [0.2, 0.25) is 0 Å². The number of likely N-dealkylation sites (tertiary alicyclic amines) is 1. The minimum Gasteiger partial charge on any atom is -0.357 e. The highest BCUT2D eigenvalue weighted by molar-refractivity contribution is 5.94. The number of hydrogen-bond acceptors (Lipinski definition) is 3. The maximum atomic E-state index is 12.1. The predicted octanol–water partition coefficient (Wildman–Crippen LogP) is 1.44. The molecule has 1 fully saturated rings. The van der Waals surface area contributed by atoms with Crippen molar-refractivity contribution in [2.45, 2.75) is 19.8 Å². The van der Waals surface area contributed by atoms with Gasteiger partial charge in [-0.25, -0.2) is 0 Å². The topological polar surface area (TPSA) is 60.0 Å². The number of guanidine groups is 1. The SMILES string of the molecule is CCNC(=NCC1CCN(C)C1)NCCc1cccc(C(=O)N(C)C)c1. The van der Waals surface area contributed by atoms with E-state index in [0.717, 1.165) is 49.7 Å². The lowest BCUT2D eigenvalue weighted by atomic mass is 10.1. The van der Waals surface area contributed by atoms with Gasteiger partial charge in [0.2, 0.25) is 0 Å². The molecule has 0 aromatic heterocycles. The Hall–Kier alpha value is -2.08. The fourth-order valence-corrected chi connectivity index (χ4v) is 3.18. The van der Waals surface area contributed by atoms with Gasteiger partial charge < -0.3 is 20.4 Å². The second kappa shape index (κ2) is 10.2. The van der Waals surface area contributed by atoms with Crippen LogP contribution in [0.25, 0.3) is 0 Å². The van der Waals surface area contributed by atoms with Crippen molar-refractivity contribution in [2.75, 3.05) is 53.9 Å². The molecule has 1 aliphatic rings. The first-order valence-corrected chi connectivity index (χ1v) is 9.51. The fraction of sp³-hybridized carbons (Fsp3) is 0.600. The lowest BCUT2D eigenvalue weighted by Gasteiger charge is -2.14. The van der Waals surface area contributed by atoms with Crippen LogP contribution in [0, 0.1) is 5.92 Å². The Labute approximate surface area is 157 Å². The molecule has 26 heavy (non-hydrogen) atoms. The molecular formula is C20H33N5O. The highest BCUT2D eigenvalue weighted by atomic mass is 16.2. The van der Waals surface area contributed by atoms with E-state index in [4.69, 9.17) is 4.99 Å². The van der Waals surface area contributed by atoms with Gasteiger partial charge in [0.15, 0.2) is 5.96 Å². The first kappa shape index (κ1) is 20.2. The molecule has 1 amide bonds. The summed E-state index contributed by atoms with van der Waals surface area (Å²) in [4.78, 5) is 20.8. The molecule has 0 spiro atoms. The van der Waals surface area contributed by atoms with Gasteiger partial charge in [-0.3, -0.25) is 9.79 Å². The van der Waals surface area contributed by atoms with Crippen LogP contribution in [0.1, 0.15) is 29.3 Å². The summed E-state index contributed by atoms with van der Waals surface area (Å²) in [7, 11) is 5.72. The van der Waals surface area contributed by atoms with E-state index in [1.54, 1.807) is 19.0 Å². The Bertz CT molecular complexity index is 614. The molecule has 1 unspecified atom stereocenters. The van der Waals surface area contributed by atoms with E-state index >= 15 is 0 Å². The van der Waals surface area contributed by atoms with Crippen LogP contribution in [0.4, 0.5) is 0 Å². The average molecular weight is 360 g/mol. The lowest BCUT2D eigenvalue weighted by Crippen LogP contribution is -2.38. The minimum absolute atomic E-state index is 0.0382. The number of aliphatic imine (C=N–C) groups is 1. The first-order valence-electron chi connectivity index (χ1n) is 9.51. The Kier molecular flexibility index (Phi) is 7.91. The molecule has 1 aromatic carbocycles. The van der Waals surface area contributed by atoms with Gasteiger partial charge in [-0.15, -0.1) is 0 Å². The summed E-state index contributed by atoms with van der Waals surface area (Å²) in [5.41, 5.74) is 1.89. The zero-order chi connectivity index (χ0) is 18.9. The average Bonchev–Trinajstić information content (AvgIpc) is 3.04. The quantitative estimate of drug-likeness (QED) is 0.571. The van der Waals surface area contributed by atoms with Gasteiger partial charge >= 0.3 is 0 Å². The van der Waals surface area contributed by atoms with Gasteiger partial charge in [-0.1, -0.05) is 12.1 Å². The zero-order valence-corrected chi connectivity index (χ0v) is 16.6. The number of carbonyl (C=O) groups excluding carboxylic acids is 1. The van der Waals surface area contributed by atoms with Crippen LogP contribution in [-0.4, -0.2) is 75.5 Å². The molecule has 6 heteroatoms. The molecule has 1 aromatic rings. The number of amides is 1. The summed E-state index contributed by atoms with van der Waals surface area (Å²) in [6.07, 6.45) is 2.08. The molecule has 0 bridgehead atoms. The summed E-state index contributed by atoms with van der Waals surface area (Å²) in [5, 5.41) is 6.72. The van der Waals surface area contributed by atoms with Crippen LogP contribution in [0.15, 0.2) is 29.3 Å². The van der Waals surface area contributed by atoms with Crippen molar-refractivity contribution in [1.29, 1.82) is 0 Å². The maximum absolute atomic E-state index is 12.1. The van der Waals surface area contributed by atoms with Crippen LogP contribution in [0.5, 0.6) is 0 Å². The van der Waals surface area contributed by atoms with E-state index in [9.17, 15) is 4.79 Å². The smallest absolute Gasteiger partial charge is 0.253 e. The maximum Gasteiger partial charge on any atom is 0.253 e. The van der Waals surface area contributed by atoms with Crippen molar-refractivity contribution in [2.24, 2.45) is 10.9 Å². The number of hydrogen-bond donors (Lipinski definition) is 2. The number of benzene rings is 1. The molecular weight excluding hydrogens is 326 g/mol. The Morgan fingerprint density at radius 3 is 2.81 bits per heavy atom. The van der Waals surface area contributed by atoms with Gasteiger partial charge in [0, 0.05) is 45.8 Å². The Balaban J connectivity index is 1.85. The van der Waals surface area contributed by atoms with Crippen molar-refractivity contribution in [1.82, 2.24) is 20.4 Å². The third kappa shape index (κ3) is 6.33. The molecule has 6 nitrogen and oxygen atoms in total. The van der Waals surface area contributed by atoms with E-state index in [1.807, 2.05) is 18.2 Å². The van der Waals surface area contributed by atoms with Gasteiger partial charge in [-0.2, -0.15) is 0 Å². The van der Waals surface area contributed by atoms with Gasteiger partial charge in [0.05, 0.1) is 0 Å². The van der Waals surface area contributed by atoms with E-state index in [0.29, 0.717) is 5.92 Å². The van der Waals surface area contributed by atoms with Crippen molar-refractivity contribution < 1.29 is 4.79 Å². The van der Waals surface area contributed by atoms with Crippen LogP contribution in [-0.2, 0) is 6.42 Å². The largest absolute Gasteiger partial charge is 0.357 e. The number of carbonyl (C=O) groups is 1. The van der Waals surface area contributed by atoms with Crippen LogP contribution >= 0.6 is 0 Å². The van der Waals surface area contributed by atoms with E-state index < -0.39 is 0 Å². The number of rotatable bonds is 7. The van der Waals surface area contributed by atoms with Crippen molar-refractivity contribution in [3.63, 3.8) is 0 Å². The van der Waals surface area contributed by atoms with E-state index in [-0.39, 0.29) is 5.91 Å². The molecule has 2 rings (SSSR count). The molecule has 2 N–H and O–H groups in total. The molecule has 0 aliphatic carbocycles. The van der Waals surface area contributed by atoms with Gasteiger partial charge in [0.25, 0.3) is 5.91 Å². The van der Waals surface area contributed by atoms with E-state index in [2.05, 4.69) is 35.6 Å². The number of nitrogens with zero attached hydrogens (tertiary/aromatic N) is 3. The zero-order valence-electron chi connectivity index (χ0n) is 16.6. The highest BCUT2D eigenvalue weighted by Gasteiger charge is 2.18. The fourth-order valence-electron chi connectivity index (χ4n) is 3.18. The summed E-state index contributed by atoms with van der Waals surface area (Å²) in [6, 6.07) is 7.85. The normalized spacial score (nSPS) is 18.0. The highest BCUT2D eigenvalue weighted by Crippen LogP contribution is 2.14. The van der Waals surface area contributed by atoms with Crippen molar-refractivity contribution in [3.05, 3.63) is 35.4 Å². The minimum atomic E-state index is 0.0382. The predicted molar refractivity (Wildman–Crippen MR) is 108 cm³/mol. The Morgan fingerprint density at radius 1 is 1.35 bits per heavy atom. The summed E-state index contributed by atoms with van der Waals surface area (Å²) < 4.78 is 0. The molecule has 1 saturated heterocycles. The third-order valence-corrected chi connectivity index (χ3v) is 4.63. The van der Waals surface area contributed by atoms with Gasteiger partial charge in [0.1, 0.15) is 0 Å². The molecule has 0 saturated carbocycles. The monoisotopic (exact) mass is 359 g/mol.